The Labute approximate surface area is 118 Å². The molecular formula is C14H9ClF2N2O. The Morgan fingerprint density at radius 1 is 1.20 bits per heavy atom. The predicted octanol–water partition coefficient (Wildman–Crippen LogP) is 3.38. The number of rotatable bonds is 3. The lowest BCUT2D eigenvalue weighted by atomic mass is 10.2. The van der Waals surface area contributed by atoms with Crippen LogP contribution in [0.5, 0.6) is 0 Å². The van der Waals surface area contributed by atoms with Gasteiger partial charge in [-0.3, -0.25) is 4.79 Å². The number of hydrazone groups is 1. The lowest BCUT2D eigenvalue weighted by Crippen LogP contribution is -2.18. The maximum atomic E-state index is 13.3. The molecule has 0 aliphatic carbocycles. The van der Waals surface area contributed by atoms with Crippen molar-refractivity contribution in [1.82, 2.24) is 5.43 Å². The Bertz CT molecular complexity index is 674. The van der Waals surface area contributed by atoms with Crippen molar-refractivity contribution < 1.29 is 13.6 Å². The second-order valence-electron chi connectivity index (χ2n) is 3.84. The van der Waals surface area contributed by atoms with Crippen LogP contribution in [0.1, 0.15) is 15.9 Å². The number of benzene rings is 2. The van der Waals surface area contributed by atoms with Crippen LogP contribution in [0.3, 0.4) is 0 Å². The molecule has 0 fully saturated rings. The van der Waals surface area contributed by atoms with E-state index in [1.165, 1.54) is 12.1 Å². The van der Waals surface area contributed by atoms with Crippen molar-refractivity contribution in [2.24, 2.45) is 5.10 Å². The normalized spacial score (nSPS) is 10.8. The van der Waals surface area contributed by atoms with Crippen LogP contribution >= 0.6 is 11.6 Å². The molecule has 1 N–H and O–H groups in total. The fourth-order valence-corrected chi connectivity index (χ4v) is 1.69. The highest BCUT2D eigenvalue weighted by Gasteiger charge is 2.08. The predicted molar refractivity (Wildman–Crippen MR) is 72.9 cm³/mol. The van der Waals surface area contributed by atoms with E-state index < -0.39 is 17.5 Å². The number of hydrogen-bond acceptors (Lipinski definition) is 2. The Morgan fingerprint density at radius 3 is 2.65 bits per heavy atom. The molecule has 0 atom stereocenters. The van der Waals surface area contributed by atoms with Crippen LogP contribution in [-0.2, 0) is 0 Å². The highest BCUT2D eigenvalue weighted by molar-refractivity contribution is 6.33. The molecule has 6 heteroatoms. The highest BCUT2D eigenvalue weighted by atomic mass is 35.5. The van der Waals surface area contributed by atoms with Crippen LogP contribution in [0.25, 0.3) is 0 Å². The van der Waals surface area contributed by atoms with Gasteiger partial charge in [0.05, 0.1) is 16.8 Å². The highest BCUT2D eigenvalue weighted by Crippen LogP contribution is 2.14. The summed E-state index contributed by atoms with van der Waals surface area (Å²) in [5, 5.41) is 3.89. The molecule has 2 aromatic rings. The van der Waals surface area contributed by atoms with Gasteiger partial charge in [0.1, 0.15) is 11.6 Å². The van der Waals surface area contributed by atoms with E-state index in [2.05, 4.69) is 10.5 Å². The Morgan fingerprint density at radius 2 is 1.95 bits per heavy atom. The quantitative estimate of drug-likeness (QED) is 0.684. The second kappa shape index (κ2) is 6.25. The maximum absolute atomic E-state index is 13.3. The summed E-state index contributed by atoms with van der Waals surface area (Å²) in [6.07, 6.45) is 1.09. The molecular weight excluding hydrogens is 286 g/mol. The van der Waals surface area contributed by atoms with E-state index in [1.54, 1.807) is 18.2 Å². The monoisotopic (exact) mass is 294 g/mol. The van der Waals surface area contributed by atoms with Gasteiger partial charge in [0.15, 0.2) is 0 Å². The van der Waals surface area contributed by atoms with Crippen molar-refractivity contribution in [1.29, 1.82) is 0 Å². The minimum absolute atomic E-state index is 0.0610. The lowest BCUT2D eigenvalue weighted by Gasteiger charge is -2.02. The average molecular weight is 295 g/mol. The van der Waals surface area contributed by atoms with Gasteiger partial charge in [-0.1, -0.05) is 23.7 Å². The van der Waals surface area contributed by atoms with Crippen LogP contribution in [-0.4, -0.2) is 12.1 Å². The minimum Gasteiger partial charge on any atom is -0.267 e. The summed E-state index contributed by atoms with van der Waals surface area (Å²) < 4.78 is 26.0. The number of hydrogen-bond donors (Lipinski definition) is 1. The Hall–Kier alpha value is -2.27. The summed E-state index contributed by atoms with van der Waals surface area (Å²) in [7, 11) is 0. The number of amides is 1. The summed E-state index contributed by atoms with van der Waals surface area (Å²) in [6, 6.07) is 9.50. The third kappa shape index (κ3) is 3.39. The number of carbonyl (C=O) groups excluding carboxylic acids is 1. The lowest BCUT2D eigenvalue weighted by molar-refractivity contribution is 0.0955. The van der Waals surface area contributed by atoms with Crippen molar-refractivity contribution >= 4 is 23.7 Å². The molecule has 2 rings (SSSR count). The van der Waals surface area contributed by atoms with Crippen molar-refractivity contribution in [2.45, 2.75) is 0 Å². The zero-order valence-corrected chi connectivity index (χ0v) is 10.9. The minimum atomic E-state index is -0.763. The topological polar surface area (TPSA) is 41.5 Å². The van der Waals surface area contributed by atoms with Crippen LogP contribution in [0.15, 0.2) is 47.6 Å². The van der Waals surface area contributed by atoms with Gasteiger partial charge in [0.25, 0.3) is 5.91 Å². The summed E-state index contributed by atoms with van der Waals surface area (Å²) in [4.78, 5) is 11.7. The molecule has 0 unspecified atom stereocenters. The largest absolute Gasteiger partial charge is 0.272 e. The van der Waals surface area contributed by atoms with Gasteiger partial charge in [-0.15, -0.1) is 0 Å². The first-order chi connectivity index (χ1) is 9.58. The molecule has 0 spiro atoms. The molecule has 2 aromatic carbocycles. The summed E-state index contributed by atoms with van der Waals surface area (Å²) in [5.74, 6) is -1.96. The summed E-state index contributed by atoms with van der Waals surface area (Å²) in [5.41, 5.74) is 2.53. The van der Waals surface area contributed by atoms with Crippen molar-refractivity contribution in [3.05, 3.63) is 70.2 Å². The smallest absolute Gasteiger partial charge is 0.267 e. The number of halogens is 3. The van der Waals surface area contributed by atoms with Gasteiger partial charge >= 0.3 is 0 Å². The number of nitrogens with one attached hydrogen (secondary N) is 1. The van der Waals surface area contributed by atoms with Gasteiger partial charge in [0, 0.05) is 11.6 Å². The fourth-order valence-electron chi connectivity index (χ4n) is 1.47. The first kappa shape index (κ1) is 14.1. The van der Waals surface area contributed by atoms with Crippen LogP contribution in [0.4, 0.5) is 8.78 Å². The van der Waals surface area contributed by atoms with E-state index in [0.29, 0.717) is 0 Å². The van der Waals surface area contributed by atoms with Crippen LogP contribution in [0, 0.1) is 11.6 Å². The molecule has 1 amide bonds. The molecule has 0 bridgehead atoms. The van der Waals surface area contributed by atoms with Crippen molar-refractivity contribution in [2.75, 3.05) is 0 Å². The SMILES string of the molecule is O=C(N/N=C\c1ccc(F)cc1F)c1ccccc1Cl. The third-order valence-electron chi connectivity index (χ3n) is 2.45. The van der Waals surface area contributed by atoms with E-state index in [1.807, 2.05) is 0 Å². The molecule has 0 aliphatic rings. The van der Waals surface area contributed by atoms with Crippen LogP contribution < -0.4 is 5.43 Å². The van der Waals surface area contributed by atoms with E-state index in [-0.39, 0.29) is 16.1 Å². The molecule has 3 nitrogen and oxygen atoms in total. The van der Waals surface area contributed by atoms with E-state index in [4.69, 9.17) is 11.6 Å². The van der Waals surface area contributed by atoms with Crippen molar-refractivity contribution in [3.8, 4) is 0 Å². The van der Waals surface area contributed by atoms with E-state index in [9.17, 15) is 13.6 Å². The Balaban J connectivity index is 2.07. The molecule has 0 aromatic heterocycles. The zero-order chi connectivity index (χ0) is 14.5. The van der Waals surface area contributed by atoms with E-state index >= 15 is 0 Å². The first-order valence-corrected chi connectivity index (χ1v) is 5.98. The molecule has 0 aliphatic heterocycles. The molecule has 0 heterocycles. The van der Waals surface area contributed by atoms with Gasteiger partial charge < -0.3 is 0 Å². The summed E-state index contributed by atoms with van der Waals surface area (Å²) in [6.45, 7) is 0. The fraction of sp³-hybridized carbons (Fsp3) is 0. The van der Waals surface area contributed by atoms with Gasteiger partial charge in [-0.2, -0.15) is 5.10 Å². The standard InChI is InChI=1S/C14H9ClF2N2O/c15-12-4-2-1-3-11(12)14(20)19-18-8-9-5-6-10(16)7-13(9)17/h1-8H,(H,19,20)/b18-8-. The van der Waals surface area contributed by atoms with Gasteiger partial charge in [-0.25, -0.2) is 14.2 Å². The zero-order valence-electron chi connectivity index (χ0n) is 10.1. The molecule has 102 valence electrons. The molecule has 0 radical (unpaired) electrons. The number of carbonyl (C=O) groups is 1. The van der Waals surface area contributed by atoms with Gasteiger partial charge in [-0.05, 0) is 24.3 Å². The first-order valence-electron chi connectivity index (χ1n) is 5.61. The number of nitrogens with zero attached hydrogens (tertiary/aromatic N) is 1. The van der Waals surface area contributed by atoms with Crippen LogP contribution in [0.2, 0.25) is 5.02 Å². The van der Waals surface area contributed by atoms with Gasteiger partial charge in [0.2, 0.25) is 0 Å². The van der Waals surface area contributed by atoms with E-state index in [0.717, 1.165) is 18.3 Å². The molecule has 0 saturated heterocycles. The molecule has 20 heavy (non-hydrogen) atoms. The molecule has 0 saturated carbocycles. The second-order valence-corrected chi connectivity index (χ2v) is 4.25. The third-order valence-corrected chi connectivity index (χ3v) is 2.78. The maximum Gasteiger partial charge on any atom is 0.272 e. The average Bonchev–Trinajstić information content (AvgIpc) is 2.41. The summed E-state index contributed by atoms with van der Waals surface area (Å²) >= 11 is 5.84. The Kier molecular flexibility index (Phi) is 4.42. The van der Waals surface area contributed by atoms with Crippen molar-refractivity contribution in [3.63, 3.8) is 0 Å².